The zero-order valence-electron chi connectivity index (χ0n) is 13.0. The predicted molar refractivity (Wildman–Crippen MR) is 80.7 cm³/mol. The number of carbonyl (C=O) groups is 2. The van der Waals surface area contributed by atoms with E-state index in [4.69, 9.17) is 14.9 Å². The molecule has 126 valence electrons. The first-order valence-electron chi connectivity index (χ1n) is 6.70. The molecule has 1 aromatic carbocycles. The molecule has 0 aliphatic heterocycles. The molecular formula is C14H18N2O7. The molecule has 0 heterocycles. The number of benzene rings is 1. The zero-order valence-corrected chi connectivity index (χ0v) is 13.0. The van der Waals surface area contributed by atoms with Crippen molar-refractivity contribution in [2.45, 2.75) is 26.4 Å². The molecule has 1 amide bonds. The fourth-order valence-corrected chi connectivity index (χ4v) is 1.76. The van der Waals surface area contributed by atoms with Gasteiger partial charge in [0, 0.05) is 6.07 Å². The molecule has 0 aromatic heterocycles. The average molecular weight is 326 g/mol. The molecule has 0 atom stereocenters. The molecular weight excluding hydrogens is 308 g/mol. The summed E-state index contributed by atoms with van der Waals surface area (Å²) in [5.41, 5.74) is -1.83. The Labute approximate surface area is 132 Å². The van der Waals surface area contributed by atoms with Gasteiger partial charge in [-0.15, -0.1) is 0 Å². The largest absolute Gasteiger partial charge is 0.478 e. The molecule has 0 spiro atoms. The van der Waals surface area contributed by atoms with Crippen molar-refractivity contribution in [2.75, 3.05) is 18.1 Å². The molecule has 2 N–H and O–H groups in total. The highest BCUT2D eigenvalue weighted by molar-refractivity contribution is 5.94. The minimum Gasteiger partial charge on any atom is -0.478 e. The summed E-state index contributed by atoms with van der Waals surface area (Å²) in [6.07, 6.45) is -0.877. The molecule has 0 radical (unpaired) electrons. The Hall–Kier alpha value is -2.68. The Morgan fingerprint density at radius 2 is 1.96 bits per heavy atom. The van der Waals surface area contributed by atoms with Crippen LogP contribution in [0.25, 0.3) is 0 Å². The molecule has 0 bridgehead atoms. The molecule has 1 aromatic rings. The third-order valence-electron chi connectivity index (χ3n) is 2.65. The summed E-state index contributed by atoms with van der Waals surface area (Å²) in [4.78, 5) is 34.4. The van der Waals surface area contributed by atoms with Crippen LogP contribution in [0.4, 0.5) is 16.2 Å². The topological polar surface area (TPSA) is 130 Å². The molecule has 0 unspecified atom stereocenters. The molecule has 0 fully saturated rings. The number of aromatic carboxylic acids is 1. The number of hydrogen-bond donors (Lipinski definition) is 2. The van der Waals surface area contributed by atoms with Crippen molar-refractivity contribution in [3.63, 3.8) is 0 Å². The van der Waals surface area contributed by atoms with Gasteiger partial charge in [0.2, 0.25) is 0 Å². The van der Waals surface area contributed by atoms with Gasteiger partial charge in [0.1, 0.15) is 11.3 Å². The molecule has 23 heavy (non-hydrogen) atoms. The lowest BCUT2D eigenvalue weighted by atomic mass is 10.1. The lowest BCUT2D eigenvalue weighted by Crippen LogP contribution is -2.39. The summed E-state index contributed by atoms with van der Waals surface area (Å²) < 4.78 is 5.16. The van der Waals surface area contributed by atoms with E-state index in [9.17, 15) is 19.7 Å². The first kappa shape index (κ1) is 18.4. The van der Waals surface area contributed by atoms with E-state index in [1.54, 1.807) is 20.8 Å². The third kappa shape index (κ3) is 4.92. The van der Waals surface area contributed by atoms with Crippen LogP contribution < -0.4 is 4.90 Å². The normalized spacial score (nSPS) is 11.0. The van der Waals surface area contributed by atoms with Crippen LogP contribution in [0.15, 0.2) is 18.2 Å². The smallest absolute Gasteiger partial charge is 0.415 e. The van der Waals surface area contributed by atoms with Gasteiger partial charge in [0.05, 0.1) is 23.6 Å². The van der Waals surface area contributed by atoms with Crippen molar-refractivity contribution in [3.8, 4) is 0 Å². The number of nitro benzene ring substituents is 1. The van der Waals surface area contributed by atoms with Crippen LogP contribution in [0, 0.1) is 10.1 Å². The van der Waals surface area contributed by atoms with Gasteiger partial charge < -0.3 is 14.9 Å². The minimum absolute atomic E-state index is 0.150. The van der Waals surface area contributed by atoms with E-state index in [1.807, 2.05) is 0 Å². The van der Waals surface area contributed by atoms with E-state index in [1.165, 1.54) is 0 Å². The monoisotopic (exact) mass is 326 g/mol. The highest BCUT2D eigenvalue weighted by atomic mass is 16.6. The molecule has 0 saturated carbocycles. The van der Waals surface area contributed by atoms with Crippen molar-refractivity contribution in [3.05, 3.63) is 33.9 Å². The quantitative estimate of drug-likeness (QED) is 0.625. The predicted octanol–water partition coefficient (Wildman–Crippen LogP) is 2.03. The Morgan fingerprint density at radius 1 is 1.35 bits per heavy atom. The number of ether oxygens (including phenoxy) is 1. The Balaban J connectivity index is 3.33. The standard InChI is InChI=1S/C14H18N2O7/c1-14(2,3)23-13(20)15(6-7-17)10-5-4-9(12(18)19)8-11(10)16(21)22/h4-5,8,17H,6-7H2,1-3H3,(H,18,19). The molecule has 0 aliphatic rings. The molecule has 0 aliphatic carbocycles. The second-order valence-corrected chi connectivity index (χ2v) is 5.62. The maximum Gasteiger partial charge on any atom is 0.415 e. The second kappa shape index (κ2) is 7.05. The van der Waals surface area contributed by atoms with Crippen molar-refractivity contribution >= 4 is 23.4 Å². The second-order valence-electron chi connectivity index (χ2n) is 5.62. The Morgan fingerprint density at radius 3 is 2.39 bits per heavy atom. The lowest BCUT2D eigenvalue weighted by molar-refractivity contribution is -0.384. The fraction of sp³-hybridized carbons (Fsp3) is 0.429. The van der Waals surface area contributed by atoms with E-state index < -0.39 is 34.9 Å². The van der Waals surface area contributed by atoms with Gasteiger partial charge in [-0.05, 0) is 32.9 Å². The number of nitrogens with zero attached hydrogens (tertiary/aromatic N) is 2. The van der Waals surface area contributed by atoms with Crippen LogP contribution in [0.2, 0.25) is 0 Å². The number of amides is 1. The van der Waals surface area contributed by atoms with Crippen molar-refractivity contribution < 1.29 is 29.5 Å². The highest BCUT2D eigenvalue weighted by Gasteiger charge is 2.29. The summed E-state index contributed by atoms with van der Waals surface area (Å²) in [5, 5.41) is 29.2. The SMILES string of the molecule is CC(C)(C)OC(=O)N(CCO)c1ccc(C(=O)O)cc1[N+](=O)[O-]. The lowest BCUT2D eigenvalue weighted by Gasteiger charge is -2.26. The van der Waals surface area contributed by atoms with E-state index in [2.05, 4.69) is 0 Å². The van der Waals surface area contributed by atoms with Crippen molar-refractivity contribution in [2.24, 2.45) is 0 Å². The van der Waals surface area contributed by atoms with Crippen molar-refractivity contribution in [1.29, 1.82) is 0 Å². The van der Waals surface area contributed by atoms with Gasteiger partial charge in [-0.25, -0.2) is 9.59 Å². The van der Waals surface area contributed by atoms with Gasteiger partial charge in [0.25, 0.3) is 5.69 Å². The number of carboxylic acids is 1. The summed E-state index contributed by atoms with van der Waals surface area (Å²) in [6, 6.07) is 3.13. The number of rotatable bonds is 5. The van der Waals surface area contributed by atoms with Gasteiger partial charge in [0.15, 0.2) is 0 Å². The van der Waals surface area contributed by atoms with Crippen LogP contribution in [-0.4, -0.2) is 46.0 Å². The minimum atomic E-state index is -1.33. The third-order valence-corrected chi connectivity index (χ3v) is 2.65. The summed E-state index contributed by atoms with van der Waals surface area (Å²) in [7, 11) is 0. The molecule has 0 saturated heterocycles. The summed E-state index contributed by atoms with van der Waals surface area (Å²) in [6.45, 7) is 4.21. The van der Waals surface area contributed by atoms with Crippen LogP contribution >= 0.6 is 0 Å². The number of aliphatic hydroxyl groups excluding tert-OH is 1. The van der Waals surface area contributed by atoms with Crippen LogP contribution in [0.1, 0.15) is 31.1 Å². The van der Waals surface area contributed by atoms with E-state index in [0.29, 0.717) is 0 Å². The number of aliphatic hydroxyl groups is 1. The number of anilines is 1. The van der Waals surface area contributed by atoms with Gasteiger partial charge >= 0.3 is 12.1 Å². The maximum atomic E-state index is 12.2. The number of carbonyl (C=O) groups excluding carboxylic acids is 1. The zero-order chi connectivity index (χ0) is 17.8. The van der Waals surface area contributed by atoms with E-state index in [-0.39, 0.29) is 17.8 Å². The van der Waals surface area contributed by atoms with Gasteiger partial charge in [-0.2, -0.15) is 0 Å². The van der Waals surface area contributed by atoms with Gasteiger partial charge in [-0.3, -0.25) is 15.0 Å². The molecule has 9 heteroatoms. The number of nitro groups is 1. The first-order chi connectivity index (χ1) is 10.6. The Bertz CT molecular complexity index is 622. The van der Waals surface area contributed by atoms with Crippen molar-refractivity contribution in [1.82, 2.24) is 0 Å². The van der Waals surface area contributed by atoms with Crippen LogP contribution in [0.3, 0.4) is 0 Å². The maximum absolute atomic E-state index is 12.2. The first-order valence-corrected chi connectivity index (χ1v) is 6.70. The summed E-state index contributed by atoms with van der Waals surface area (Å²) >= 11 is 0. The average Bonchev–Trinajstić information content (AvgIpc) is 2.42. The number of hydrogen-bond acceptors (Lipinski definition) is 6. The fourth-order valence-electron chi connectivity index (χ4n) is 1.76. The summed E-state index contributed by atoms with van der Waals surface area (Å²) in [5.74, 6) is -1.33. The molecule has 1 rings (SSSR count). The number of carboxylic acid groups (broad SMARTS) is 1. The van der Waals surface area contributed by atoms with Gasteiger partial charge in [-0.1, -0.05) is 0 Å². The van der Waals surface area contributed by atoms with Crippen LogP contribution in [-0.2, 0) is 4.74 Å². The van der Waals surface area contributed by atoms with E-state index in [0.717, 1.165) is 23.1 Å². The Kier molecular flexibility index (Phi) is 5.63. The molecule has 9 nitrogen and oxygen atoms in total. The van der Waals surface area contributed by atoms with Crippen LogP contribution in [0.5, 0.6) is 0 Å². The highest BCUT2D eigenvalue weighted by Crippen LogP contribution is 2.30. The van der Waals surface area contributed by atoms with E-state index >= 15 is 0 Å².